The van der Waals surface area contributed by atoms with E-state index in [1.165, 1.54) is 5.57 Å². The molecule has 0 saturated heterocycles. The molecule has 23 heavy (non-hydrogen) atoms. The van der Waals surface area contributed by atoms with Crippen LogP contribution in [0.25, 0.3) is 0 Å². The van der Waals surface area contributed by atoms with Crippen molar-refractivity contribution in [1.82, 2.24) is 0 Å². The molecule has 0 amide bonds. The van der Waals surface area contributed by atoms with Crippen molar-refractivity contribution in [2.45, 2.75) is 72.1 Å². The van der Waals surface area contributed by atoms with Crippen LogP contribution in [0.5, 0.6) is 0 Å². The zero-order chi connectivity index (χ0) is 17.5. The minimum atomic E-state index is -1.67. The molecule has 0 radical (unpaired) electrons. The van der Waals surface area contributed by atoms with E-state index in [-0.39, 0.29) is 12.3 Å². The molecule has 0 bridgehead atoms. The molecule has 0 aromatic heterocycles. The van der Waals surface area contributed by atoms with Crippen molar-refractivity contribution in [3.8, 4) is 0 Å². The molecule has 1 saturated carbocycles. The van der Waals surface area contributed by atoms with Gasteiger partial charge in [0.05, 0.1) is 0 Å². The van der Waals surface area contributed by atoms with Gasteiger partial charge >= 0.3 is 11.9 Å². The minimum Gasteiger partial charge on any atom is -0.480 e. The van der Waals surface area contributed by atoms with Crippen LogP contribution in [-0.4, -0.2) is 22.2 Å². The lowest BCUT2D eigenvalue weighted by Crippen LogP contribution is -2.46. The van der Waals surface area contributed by atoms with E-state index in [9.17, 15) is 19.8 Å². The van der Waals surface area contributed by atoms with Gasteiger partial charge in [-0.25, -0.2) is 0 Å². The smallest absolute Gasteiger partial charge is 0.321 e. The van der Waals surface area contributed by atoms with E-state index in [4.69, 9.17) is 0 Å². The van der Waals surface area contributed by atoms with Crippen molar-refractivity contribution in [3.63, 3.8) is 0 Å². The monoisotopic (exact) mass is 322 g/mol. The highest BCUT2D eigenvalue weighted by Gasteiger charge is 2.52. The van der Waals surface area contributed by atoms with Crippen LogP contribution < -0.4 is 0 Å². The molecule has 0 heterocycles. The van der Waals surface area contributed by atoms with Gasteiger partial charge in [0.1, 0.15) is 0 Å². The molecule has 1 fully saturated rings. The summed E-state index contributed by atoms with van der Waals surface area (Å²) in [5, 5.41) is 19.4. The van der Waals surface area contributed by atoms with Gasteiger partial charge < -0.3 is 10.2 Å². The predicted octanol–water partition coefficient (Wildman–Crippen LogP) is 4.81. The van der Waals surface area contributed by atoms with Gasteiger partial charge in [0.25, 0.3) is 0 Å². The molecule has 1 rings (SSSR count). The summed E-state index contributed by atoms with van der Waals surface area (Å²) in [6.45, 7) is 6.04. The van der Waals surface area contributed by atoms with Gasteiger partial charge in [0, 0.05) is 0 Å². The van der Waals surface area contributed by atoms with Crippen molar-refractivity contribution >= 4 is 11.9 Å². The normalized spacial score (nSPS) is 16.9. The summed E-state index contributed by atoms with van der Waals surface area (Å²) in [5.41, 5.74) is 0.647. The maximum atomic E-state index is 11.9. The number of hydrogen-bond donors (Lipinski definition) is 2. The fraction of sp³-hybridized carbons (Fsp3) is 0.684. The molecular weight excluding hydrogens is 292 g/mol. The Balaban J connectivity index is 2.90. The molecule has 0 unspecified atom stereocenters. The van der Waals surface area contributed by atoms with Crippen LogP contribution in [-0.2, 0) is 9.59 Å². The number of allylic oxidation sites excluding steroid dienone is 4. The van der Waals surface area contributed by atoms with E-state index in [1.807, 2.05) is 26.8 Å². The standard InChI is InChI=1S/C19H30O4/c1-14(2)8-7-9-15(3)12-13-19(17(20)21,18(22)23)16-10-5-4-6-11-16/h8,12,16H,4-7,9-11,13H2,1-3H3,(H,20,21)(H,22,23)/b15-12+. The largest absolute Gasteiger partial charge is 0.480 e. The van der Waals surface area contributed by atoms with E-state index in [1.54, 1.807) is 0 Å². The Morgan fingerprint density at radius 1 is 1.00 bits per heavy atom. The topological polar surface area (TPSA) is 74.6 Å². The van der Waals surface area contributed by atoms with Gasteiger partial charge in [-0.3, -0.25) is 9.59 Å². The van der Waals surface area contributed by atoms with Gasteiger partial charge in [-0.15, -0.1) is 0 Å². The summed E-state index contributed by atoms with van der Waals surface area (Å²) in [6, 6.07) is 0. The SMILES string of the molecule is CC(C)=CCC/C(C)=C/CC(C(=O)O)(C(=O)O)C1CCCCC1. The zero-order valence-corrected chi connectivity index (χ0v) is 14.6. The highest BCUT2D eigenvalue weighted by molar-refractivity contribution is 5.98. The Labute approximate surface area is 139 Å². The molecular formula is C19H30O4. The van der Waals surface area contributed by atoms with Crippen LogP contribution in [0.2, 0.25) is 0 Å². The second-order valence-electron chi connectivity index (χ2n) is 6.99. The summed E-state index contributed by atoms with van der Waals surface area (Å²) in [7, 11) is 0. The van der Waals surface area contributed by atoms with E-state index in [2.05, 4.69) is 6.08 Å². The zero-order valence-electron chi connectivity index (χ0n) is 14.6. The summed E-state index contributed by atoms with van der Waals surface area (Å²) in [6.07, 6.45) is 10.1. The summed E-state index contributed by atoms with van der Waals surface area (Å²) in [4.78, 5) is 23.7. The molecule has 130 valence electrons. The third kappa shape index (κ3) is 5.22. The van der Waals surface area contributed by atoms with Crippen molar-refractivity contribution in [2.24, 2.45) is 11.3 Å². The van der Waals surface area contributed by atoms with Crippen LogP contribution in [0.15, 0.2) is 23.3 Å². The first-order valence-corrected chi connectivity index (χ1v) is 8.56. The van der Waals surface area contributed by atoms with E-state index < -0.39 is 17.4 Å². The molecule has 0 aromatic carbocycles. The summed E-state index contributed by atoms with van der Waals surface area (Å²) >= 11 is 0. The highest BCUT2D eigenvalue weighted by Crippen LogP contribution is 2.42. The highest BCUT2D eigenvalue weighted by atomic mass is 16.4. The Hall–Kier alpha value is -1.58. The van der Waals surface area contributed by atoms with E-state index in [0.29, 0.717) is 12.8 Å². The number of rotatable bonds is 8. The quantitative estimate of drug-likeness (QED) is 0.497. The van der Waals surface area contributed by atoms with Crippen molar-refractivity contribution in [1.29, 1.82) is 0 Å². The Morgan fingerprint density at radius 3 is 2.04 bits per heavy atom. The maximum Gasteiger partial charge on any atom is 0.321 e. The van der Waals surface area contributed by atoms with Gasteiger partial charge in [-0.1, -0.05) is 42.6 Å². The van der Waals surface area contributed by atoms with Crippen molar-refractivity contribution < 1.29 is 19.8 Å². The van der Waals surface area contributed by atoms with Gasteiger partial charge in [0.15, 0.2) is 5.41 Å². The Bertz CT molecular complexity index is 464. The number of aliphatic carboxylic acids is 2. The van der Waals surface area contributed by atoms with E-state index in [0.717, 1.165) is 37.7 Å². The second kappa shape index (κ2) is 8.90. The number of hydrogen-bond acceptors (Lipinski definition) is 2. The molecule has 1 aliphatic rings. The fourth-order valence-corrected chi connectivity index (χ4v) is 3.40. The first-order valence-electron chi connectivity index (χ1n) is 8.56. The molecule has 0 spiro atoms. The molecule has 1 aliphatic carbocycles. The Kier molecular flexibility index (Phi) is 7.53. The molecule has 4 heteroatoms. The van der Waals surface area contributed by atoms with Gasteiger partial charge in [0.2, 0.25) is 0 Å². The van der Waals surface area contributed by atoms with Crippen LogP contribution in [0, 0.1) is 11.3 Å². The first-order chi connectivity index (χ1) is 10.8. The molecule has 0 atom stereocenters. The van der Waals surface area contributed by atoms with Crippen LogP contribution in [0.3, 0.4) is 0 Å². The minimum absolute atomic E-state index is 0.0863. The number of carbonyl (C=O) groups is 2. The lowest BCUT2D eigenvalue weighted by Gasteiger charge is -2.35. The molecule has 0 aromatic rings. The molecule has 4 nitrogen and oxygen atoms in total. The van der Waals surface area contributed by atoms with Crippen LogP contribution in [0.1, 0.15) is 72.1 Å². The third-order valence-corrected chi connectivity index (χ3v) is 4.93. The lowest BCUT2D eigenvalue weighted by molar-refractivity contribution is -0.170. The Morgan fingerprint density at radius 2 is 1.57 bits per heavy atom. The van der Waals surface area contributed by atoms with E-state index >= 15 is 0 Å². The number of carboxylic acids is 2. The molecule has 0 aliphatic heterocycles. The van der Waals surface area contributed by atoms with Crippen molar-refractivity contribution in [3.05, 3.63) is 23.3 Å². The maximum absolute atomic E-state index is 11.9. The summed E-state index contributed by atoms with van der Waals surface area (Å²) < 4.78 is 0. The molecule has 2 N–H and O–H groups in total. The van der Waals surface area contributed by atoms with Crippen molar-refractivity contribution in [2.75, 3.05) is 0 Å². The third-order valence-electron chi connectivity index (χ3n) is 4.93. The summed E-state index contributed by atoms with van der Waals surface area (Å²) in [5.74, 6) is -2.65. The lowest BCUT2D eigenvalue weighted by atomic mass is 9.66. The number of carboxylic acid groups (broad SMARTS) is 2. The average molecular weight is 322 g/mol. The van der Waals surface area contributed by atoms with Crippen LogP contribution >= 0.6 is 0 Å². The van der Waals surface area contributed by atoms with Gasteiger partial charge in [-0.2, -0.15) is 0 Å². The predicted molar refractivity (Wildman–Crippen MR) is 91.3 cm³/mol. The average Bonchev–Trinajstić information content (AvgIpc) is 2.48. The van der Waals surface area contributed by atoms with Gasteiger partial charge in [-0.05, 0) is 58.8 Å². The fourth-order valence-electron chi connectivity index (χ4n) is 3.40. The first kappa shape index (κ1) is 19.5. The second-order valence-corrected chi connectivity index (χ2v) is 6.99. The van der Waals surface area contributed by atoms with Crippen LogP contribution in [0.4, 0.5) is 0 Å².